The number of nitrogens with two attached hydrogens (primary N) is 1. The van der Waals surface area contributed by atoms with E-state index in [0.29, 0.717) is 16.9 Å². The highest BCUT2D eigenvalue weighted by Gasteiger charge is 2.06. The van der Waals surface area contributed by atoms with Crippen LogP contribution >= 0.6 is 0 Å². The number of rotatable bonds is 2. The van der Waals surface area contributed by atoms with Gasteiger partial charge in [-0.2, -0.15) is 0 Å². The summed E-state index contributed by atoms with van der Waals surface area (Å²) in [6, 6.07) is 7.63. The van der Waals surface area contributed by atoms with Gasteiger partial charge in [-0.15, -0.1) is 0 Å². The number of halogens is 1. The molecule has 0 aliphatic heterocycles. The van der Waals surface area contributed by atoms with Gasteiger partial charge in [0.05, 0.1) is 18.1 Å². The fourth-order valence-electron chi connectivity index (χ4n) is 1.32. The zero-order chi connectivity index (χ0) is 12.3. The van der Waals surface area contributed by atoms with Gasteiger partial charge in [-0.05, 0) is 24.3 Å². The van der Waals surface area contributed by atoms with Gasteiger partial charge >= 0.3 is 0 Å². The van der Waals surface area contributed by atoms with Gasteiger partial charge in [-0.1, -0.05) is 0 Å². The first-order chi connectivity index (χ1) is 8.15. The van der Waals surface area contributed by atoms with Crippen molar-refractivity contribution in [1.82, 2.24) is 4.98 Å². The first-order valence-electron chi connectivity index (χ1n) is 4.92. The number of nitrogens with one attached hydrogen (secondary N) is 1. The maximum Gasteiger partial charge on any atom is 0.255 e. The molecule has 0 saturated carbocycles. The van der Waals surface area contributed by atoms with E-state index < -0.39 is 5.82 Å². The van der Waals surface area contributed by atoms with Gasteiger partial charge in [0, 0.05) is 17.3 Å². The summed E-state index contributed by atoms with van der Waals surface area (Å²) in [5, 5.41) is 2.54. The Hall–Kier alpha value is -2.43. The van der Waals surface area contributed by atoms with E-state index in [2.05, 4.69) is 10.3 Å². The highest BCUT2D eigenvalue weighted by atomic mass is 19.1. The smallest absolute Gasteiger partial charge is 0.255 e. The van der Waals surface area contributed by atoms with Crippen molar-refractivity contribution >= 4 is 17.3 Å². The number of pyridine rings is 1. The molecular weight excluding hydrogens is 221 g/mol. The number of hydrogen-bond donors (Lipinski definition) is 2. The van der Waals surface area contributed by atoms with Gasteiger partial charge in [0.2, 0.25) is 0 Å². The molecule has 5 heteroatoms. The molecule has 2 aromatic rings. The van der Waals surface area contributed by atoms with E-state index in [0.717, 1.165) is 6.20 Å². The number of aromatic nitrogens is 1. The molecule has 0 aliphatic rings. The van der Waals surface area contributed by atoms with Gasteiger partial charge in [-0.25, -0.2) is 4.39 Å². The predicted octanol–water partition coefficient (Wildman–Crippen LogP) is 2.06. The predicted molar refractivity (Wildman–Crippen MR) is 63.0 cm³/mol. The number of carbonyl (C=O) groups is 1. The Kier molecular flexibility index (Phi) is 3.00. The van der Waals surface area contributed by atoms with Crippen LogP contribution in [0.15, 0.2) is 42.7 Å². The zero-order valence-corrected chi connectivity index (χ0v) is 8.85. The standard InChI is InChI=1S/C12H10FN3O/c13-9-5-11(7-15-6-9)16-12(17)8-1-3-10(14)4-2-8/h1-7H,14H2,(H,16,17). The Morgan fingerprint density at radius 1 is 1.24 bits per heavy atom. The SMILES string of the molecule is Nc1ccc(C(=O)Nc2cncc(F)c2)cc1. The highest BCUT2D eigenvalue weighted by Crippen LogP contribution is 2.10. The fraction of sp³-hybridized carbons (Fsp3) is 0. The van der Waals surface area contributed by atoms with Crippen molar-refractivity contribution < 1.29 is 9.18 Å². The van der Waals surface area contributed by atoms with E-state index >= 15 is 0 Å². The number of nitrogen functional groups attached to an aromatic ring is 1. The molecule has 0 fully saturated rings. The first-order valence-corrected chi connectivity index (χ1v) is 4.92. The third kappa shape index (κ3) is 2.78. The largest absolute Gasteiger partial charge is 0.399 e. The normalized spacial score (nSPS) is 9.94. The lowest BCUT2D eigenvalue weighted by atomic mass is 10.2. The summed E-state index contributed by atoms with van der Waals surface area (Å²) in [7, 11) is 0. The van der Waals surface area contributed by atoms with Crippen molar-refractivity contribution in [2.45, 2.75) is 0 Å². The molecule has 0 atom stereocenters. The van der Waals surface area contributed by atoms with Crippen LogP contribution in [-0.2, 0) is 0 Å². The van der Waals surface area contributed by atoms with E-state index in [1.807, 2.05) is 0 Å². The molecule has 0 saturated heterocycles. The van der Waals surface area contributed by atoms with E-state index in [-0.39, 0.29) is 5.91 Å². The monoisotopic (exact) mass is 231 g/mol. The lowest BCUT2D eigenvalue weighted by Crippen LogP contribution is -2.12. The van der Waals surface area contributed by atoms with Crippen LogP contribution in [0.3, 0.4) is 0 Å². The van der Waals surface area contributed by atoms with Crippen molar-refractivity contribution in [2.24, 2.45) is 0 Å². The van der Waals surface area contributed by atoms with Gasteiger partial charge in [-0.3, -0.25) is 9.78 Å². The van der Waals surface area contributed by atoms with E-state index in [1.165, 1.54) is 12.3 Å². The van der Waals surface area contributed by atoms with Crippen LogP contribution in [0.25, 0.3) is 0 Å². The van der Waals surface area contributed by atoms with Gasteiger partial charge in [0.1, 0.15) is 5.82 Å². The minimum absolute atomic E-state index is 0.312. The molecule has 0 radical (unpaired) electrons. The van der Waals surface area contributed by atoms with Crippen molar-refractivity contribution in [3.05, 3.63) is 54.1 Å². The molecule has 17 heavy (non-hydrogen) atoms. The number of nitrogens with zero attached hydrogens (tertiary/aromatic N) is 1. The Morgan fingerprint density at radius 2 is 1.94 bits per heavy atom. The Bertz CT molecular complexity index is 540. The van der Waals surface area contributed by atoms with Crippen molar-refractivity contribution in [2.75, 3.05) is 11.1 Å². The van der Waals surface area contributed by atoms with Crippen LogP contribution in [0, 0.1) is 5.82 Å². The molecule has 0 unspecified atom stereocenters. The number of amides is 1. The Morgan fingerprint density at radius 3 is 2.59 bits per heavy atom. The lowest BCUT2D eigenvalue weighted by Gasteiger charge is -2.04. The van der Waals surface area contributed by atoms with E-state index in [4.69, 9.17) is 5.73 Å². The van der Waals surface area contributed by atoms with Crippen LogP contribution in [0.2, 0.25) is 0 Å². The van der Waals surface area contributed by atoms with Crippen LogP contribution in [0.5, 0.6) is 0 Å². The van der Waals surface area contributed by atoms with Crippen LogP contribution in [-0.4, -0.2) is 10.9 Å². The maximum atomic E-state index is 12.8. The highest BCUT2D eigenvalue weighted by molar-refractivity contribution is 6.04. The maximum absolute atomic E-state index is 12.8. The number of hydrogen-bond acceptors (Lipinski definition) is 3. The summed E-state index contributed by atoms with van der Waals surface area (Å²) in [6.07, 6.45) is 2.44. The molecule has 0 aliphatic carbocycles. The first kappa shape index (κ1) is 11.1. The van der Waals surface area contributed by atoms with Crippen molar-refractivity contribution in [3.63, 3.8) is 0 Å². The number of anilines is 2. The molecule has 1 heterocycles. The van der Waals surface area contributed by atoms with Crippen molar-refractivity contribution in [1.29, 1.82) is 0 Å². The molecule has 2 rings (SSSR count). The summed E-state index contributed by atoms with van der Waals surface area (Å²) in [4.78, 5) is 15.4. The topological polar surface area (TPSA) is 68.0 Å². The molecule has 1 amide bonds. The zero-order valence-electron chi connectivity index (χ0n) is 8.85. The second-order valence-corrected chi connectivity index (χ2v) is 3.47. The number of carbonyl (C=O) groups excluding carboxylic acids is 1. The van der Waals surface area contributed by atoms with E-state index in [1.54, 1.807) is 24.3 Å². The van der Waals surface area contributed by atoms with Gasteiger partial charge < -0.3 is 11.1 Å². The van der Waals surface area contributed by atoms with Crippen molar-refractivity contribution in [3.8, 4) is 0 Å². The fourth-order valence-corrected chi connectivity index (χ4v) is 1.32. The third-order valence-electron chi connectivity index (χ3n) is 2.14. The summed E-state index contributed by atoms with van der Waals surface area (Å²) < 4.78 is 12.8. The van der Waals surface area contributed by atoms with Crippen LogP contribution in [0.1, 0.15) is 10.4 Å². The Labute approximate surface area is 97.3 Å². The Balaban J connectivity index is 2.14. The molecular formula is C12H10FN3O. The van der Waals surface area contributed by atoms with E-state index in [9.17, 15) is 9.18 Å². The van der Waals surface area contributed by atoms with Crippen LogP contribution < -0.4 is 11.1 Å². The van der Waals surface area contributed by atoms with Crippen LogP contribution in [0.4, 0.5) is 15.8 Å². The molecule has 0 bridgehead atoms. The summed E-state index contributed by atoms with van der Waals surface area (Å²) >= 11 is 0. The second kappa shape index (κ2) is 4.61. The van der Waals surface area contributed by atoms with Gasteiger partial charge in [0.15, 0.2) is 0 Å². The average Bonchev–Trinajstić information content (AvgIpc) is 2.29. The summed E-state index contributed by atoms with van der Waals surface area (Å²) in [6.45, 7) is 0. The molecule has 0 spiro atoms. The number of benzene rings is 1. The van der Waals surface area contributed by atoms with Gasteiger partial charge in [0.25, 0.3) is 5.91 Å². The quantitative estimate of drug-likeness (QED) is 0.777. The minimum atomic E-state index is -0.500. The molecule has 1 aromatic carbocycles. The lowest BCUT2D eigenvalue weighted by molar-refractivity contribution is 0.102. The summed E-state index contributed by atoms with van der Waals surface area (Å²) in [5.41, 5.74) is 6.85. The molecule has 1 aromatic heterocycles. The average molecular weight is 231 g/mol. The molecule has 3 N–H and O–H groups in total. The minimum Gasteiger partial charge on any atom is -0.399 e. The third-order valence-corrected chi connectivity index (χ3v) is 2.14. The summed E-state index contributed by atoms with van der Waals surface area (Å²) in [5.74, 6) is -0.836. The molecule has 4 nitrogen and oxygen atoms in total. The second-order valence-electron chi connectivity index (χ2n) is 3.47. The molecule has 86 valence electrons.